The van der Waals surface area contributed by atoms with Crippen LogP contribution < -0.4 is 10.6 Å². The molecule has 3 aromatic rings. The predicted octanol–water partition coefficient (Wildman–Crippen LogP) is 5.87. The van der Waals surface area contributed by atoms with Crippen LogP contribution >= 0.6 is 0 Å². The fourth-order valence-electron chi connectivity index (χ4n) is 4.42. The fourth-order valence-corrected chi connectivity index (χ4v) is 4.42. The highest BCUT2D eigenvalue weighted by Crippen LogP contribution is 2.44. The number of amides is 2. The second-order valence-electron chi connectivity index (χ2n) is 10.1. The Kier molecular flexibility index (Phi) is 6.94. The first kappa shape index (κ1) is 25.8. The molecule has 0 radical (unpaired) electrons. The van der Waals surface area contributed by atoms with Crippen molar-refractivity contribution in [2.24, 2.45) is 0 Å². The molecule has 0 heterocycles. The number of carbonyl (C=O) groups is 3. The van der Waals surface area contributed by atoms with Crippen molar-refractivity contribution < 1.29 is 29.0 Å². The van der Waals surface area contributed by atoms with Gasteiger partial charge in [0.2, 0.25) is 0 Å². The molecule has 1 aliphatic carbocycles. The van der Waals surface area contributed by atoms with Crippen LogP contribution in [-0.2, 0) is 19.8 Å². The van der Waals surface area contributed by atoms with E-state index in [0.29, 0.717) is 5.69 Å². The van der Waals surface area contributed by atoms with Gasteiger partial charge < -0.3 is 19.9 Å². The first-order chi connectivity index (χ1) is 17.5. The number of ether oxygens (including phenoxy) is 2. The first-order valence-corrected chi connectivity index (χ1v) is 11.9. The van der Waals surface area contributed by atoms with Crippen molar-refractivity contribution in [3.05, 3.63) is 89.5 Å². The molecule has 0 saturated heterocycles. The molecule has 0 bridgehead atoms. The number of nitrogens with one attached hydrogen (secondary N) is 2. The average molecular weight is 503 g/mol. The normalized spacial score (nSPS) is 14.1. The zero-order valence-corrected chi connectivity index (χ0v) is 21.2. The Bertz CT molecular complexity index is 1300. The highest BCUT2D eigenvalue weighted by molar-refractivity contribution is 5.88. The van der Waals surface area contributed by atoms with E-state index in [2.05, 4.69) is 10.6 Å². The van der Waals surface area contributed by atoms with E-state index in [-0.39, 0.29) is 18.1 Å². The molecule has 192 valence electrons. The summed E-state index contributed by atoms with van der Waals surface area (Å²) in [6.07, 6.45) is -1.54. The molecule has 2 amide bonds. The first-order valence-electron chi connectivity index (χ1n) is 11.9. The molecule has 0 saturated carbocycles. The summed E-state index contributed by atoms with van der Waals surface area (Å²) in [6, 6.07) is 22.1. The molecule has 37 heavy (non-hydrogen) atoms. The SMILES string of the molecule is CC(C)(C)OC(=O)Nc1cccc(C(C)(NC(=O)OCC2c3ccccc3-c3ccccc32)C(=O)O)c1. The summed E-state index contributed by atoms with van der Waals surface area (Å²) in [5, 5.41) is 15.1. The Morgan fingerprint density at radius 2 is 1.43 bits per heavy atom. The van der Waals surface area contributed by atoms with E-state index in [1.165, 1.54) is 13.0 Å². The molecule has 3 N–H and O–H groups in total. The van der Waals surface area contributed by atoms with E-state index in [1.807, 2.05) is 48.5 Å². The number of aliphatic carboxylic acids is 1. The Morgan fingerprint density at radius 1 is 0.838 bits per heavy atom. The monoisotopic (exact) mass is 502 g/mol. The molecule has 1 aliphatic rings. The second-order valence-corrected chi connectivity index (χ2v) is 10.1. The van der Waals surface area contributed by atoms with Crippen LogP contribution in [0.4, 0.5) is 15.3 Å². The number of rotatable bonds is 6. The molecule has 1 unspecified atom stereocenters. The Labute approximate surface area is 215 Å². The lowest BCUT2D eigenvalue weighted by molar-refractivity contribution is -0.144. The van der Waals surface area contributed by atoms with Crippen LogP contribution in [0.25, 0.3) is 11.1 Å². The number of alkyl carbamates (subject to hydrolysis) is 1. The molecule has 3 aromatic carbocycles. The third-order valence-electron chi connectivity index (χ3n) is 6.21. The summed E-state index contributed by atoms with van der Waals surface area (Å²) in [4.78, 5) is 37.3. The van der Waals surface area contributed by atoms with E-state index in [1.54, 1.807) is 39.0 Å². The molecule has 0 fully saturated rings. The average Bonchev–Trinajstić information content (AvgIpc) is 3.15. The van der Waals surface area contributed by atoms with Gasteiger partial charge in [-0.1, -0.05) is 60.7 Å². The molecule has 8 heteroatoms. The van der Waals surface area contributed by atoms with Gasteiger partial charge in [-0.25, -0.2) is 14.4 Å². The van der Waals surface area contributed by atoms with E-state index in [9.17, 15) is 19.5 Å². The van der Waals surface area contributed by atoms with Gasteiger partial charge in [-0.15, -0.1) is 0 Å². The smallest absolute Gasteiger partial charge is 0.412 e. The van der Waals surface area contributed by atoms with E-state index in [0.717, 1.165) is 22.3 Å². The summed E-state index contributed by atoms with van der Waals surface area (Å²) in [7, 11) is 0. The van der Waals surface area contributed by atoms with Crippen molar-refractivity contribution in [2.45, 2.75) is 44.8 Å². The molecule has 4 rings (SSSR count). The molecule has 1 atom stereocenters. The van der Waals surface area contributed by atoms with Crippen molar-refractivity contribution in [2.75, 3.05) is 11.9 Å². The van der Waals surface area contributed by atoms with Crippen molar-refractivity contribution in [3.63, 3.8) is 0 Å². The topological polar surface area (TPSA) is 114 Å². The lowest BCUT2D eigenvalue weighted by Gasteiger charge is -2.27. The van der Waals surface area contributed by atoms with Gasteiger partial charge in [-0.2, -0.15) is 0 Å². The molecule has 0 spiro atoms. The van der Waals surface area contributed by atoms with Crippen molar-refractivity contribution in [1.29, 1.82) is 0 Å². The van der Waals surface area contributed by atoms with Gasteiger partial charge in [-0.3, -0.25) is 5.32 Å². The maximum atomic E-state index is 12.9. The summed E-state index contributed by atoms with van der Waals surface area (Å²) < 4.78 is 10.8. The van der Waals surface area contributed by atoms with Crippen molar-refractivity contribution >= 4 is 23.8 Å². The van der Waals surface area contributed by atoms with Crippen LogP contribution in [0.1, 0.15) is 50.3 Å². The fraction of sp³-hybridized carbons (Fsp3) is 0.276. The van der Waals surface area contributed by atoms with Crippen LogP contribution in [-0.4, -0.2) is 35.5 Å². The molecular formula is C29H30N2O6. The number of hydrogen-bond donors (Lipinski definition) is 3. The van der Waals surface area contributed by atoms with Gasteiger partial charge in [0.1, 0.15) is 12.2 Å². The van der Waals surface area contributed by atoms with E-state index >= 15 is 0 Å². The maximum absolute atomic E-state index is 12.9. The standard InChI is InChI=1S/C29H30N2O6/c1-28(2,3)37-26(34)30-19-11-9-10-18(16-19)29(4,25(32)33)31-27(35)36-17-24-22-14-7-5-12-20(22)21-13-6-8-15-23(21)24/h5-16,24H,17H2,1-4H3,(H,30,34)(H,31,35)(H,32,33). The third-order valence-corrected chi connectivity index (χ3v) is 6.21. The number of carboxylic acids is 1. The summed E-state index contributed by atoms with van der Waals surface area (Å²) in [5.74, 6) is -1.44. The zero-order chi connectivity index (χ0) is 26.8. The van der Waals surface area contributed by atoms with Crippen LogP contribution in [0.3, 0.4) is 0 Å². The molecular weight excluding hydrogens is 472 g/mol. The summed E-state index contributed by atoms with van der Waals surface area (Å²) >= 11 is 0. The zero-order valence-electron chi connectivity index (χ0n) is 21.2. The highest BCUT2D eigenvalue weighted by atomic mass is 16.6. The second kappa shape index (κ2) is 9.97. The minimum Gasteiger partial charge on any atom is -0.479 e. The number of carbonyl (C=O) groups excluding carboxylic acids is 2. The number of carboxylic acid groups (broad SMARTS) is 1. The number of hydrogen-bond acceptors (Lipinski definition) is 5. The predicted molar refractivity (Wildman–Crippen MR) is 139 cm³/mol. The highest BCUT2D eigenvalue weighted by Gasteiger charge is 2.38. The lowest BCUT2D eigenvalue weighted by atomic mass is 9.92. The number of benzene rings is 3. The van der Waals surface area contributed by atoms with Crippen LogP contribution in [0.5, 0.6) is 0 Å². The van der Waals surface area contributed by atoms with Crippen molar-refractivity contribution in [3.8, 4) is 11.1 Å². The quantitative estimate of drug-likeness (QED) is 0.388. The van der Waals surface area contributed by atoms with Crippen LogP contribution in [0.15, 0.2) is 72.8 Å². The summed E-state index contributed by atoms with van der Waals surface area (Å²) in [6.45, 7) is 6.63. The molecule has 0 aromatic heterocycles. The Balaban J connectivity index is 1.48. The van der Waals surface area contributed by atoms with Gasteiger partial charge in [0.25, 0.3) is 0 Å². The molecule has 8 nitrogen and oxygen atoms in total. The minimum absolute atomic E-state index is 0.0514. The van der Waals surface area contributed by atoms with Crippen LogP contribution in [0.2, 0.25) is 0 Å². The maximum Gasteiger partial charge on any atom is 0.412 e. The van der Waals surface area contributed by atoms with E-state index < -0.39 is 29.3 Å². The van der Waals surface area contributed by atoms with Gasteiger partial charge >= 0.3 is 18.2 Å². The lowest BCUT2D eigenvalue weighted by Crippen LogP contribution is -2.50. The van der Waals surface area contributed by atoms with Crippen LogP contribution in [0, 0.1) is 0 Å². The van der Waals surface area contributed by atoms with Gasteiger partial charge in [0.05, 0.1) is 0 Å². The van der Waals surface area contributed by atoms with Gasteiger partial charge in [0, 0.05) is 11.6 Å². The Morgan fingerprint density at radius 3 is 2.00 bits per heavy atom. The van der Waals surface area contributed by atoms with Gasteiger partial charge in [-0.05, 0) is 67.6 Å². The van der Waals surface area contributed by atoms with E-state index in [4.69, 9.17) is 9.47 Å². The Hall–Kier alpha value is -4.33. The number of fused-ring (bicyclic) bond motifs is 3. The van der Waals surface area contributed by atoms with Crippen molar-refractivity contribution in [1.82, 2.24) is 5.32 Å². The largest absolute Gasteiger partial charge is 0.479 e. The third kappa shape index (κ3) is 5.58. The van der Waals surface area contributed by atoms with Gasteiger partial charge in [0.15, 0.2) is 5.54 Å². The molecule has 0 aliphatic heterocycles. The minimum atomic E-state index is -1.81. The summed E-state index contributed by atoms with van der Waals surface area (Å²) in [5.41, 5.74) is 2.37. The number of anilines is 1.